The van der Waals surface area contributed by atoms with Crippen molar-refractivity contribution in [2.24, 2.45) is 0 Å². The molecule has 6 aromatic carbocycles. The smallest absolute Gasteiger partial charge is 0.395 e. The Balaban J connectivity index is -0.000000477. The number of benzene rings is 6. The standard InChI is InChI=1S/6C11H17NO2.4Fe/c6*13-8-6-12(7-9-14)10-11-4-2-1-3-5-11;;;;/h6*1-5,13-14H,6-10H2;;;;/q;;;;;;;3*+2. The van der Waals surface area contributed by atoms with Gasteiger partial charge in [0.05, 0.1) is 79.3 Å². The summed E-state index contributed by atoms with van der Waals surface area (Å²) >= 11 is 0. The molecule has 0 heterocycles. The van der Waals surface area contributed by atoms with E-state index in [9.17, 15) is 0 Å². The summed E-state index contributed by atoms with van der Waals surface area (Å²) in [5.74, 6) is 0. The van der Waals surface area contributed by atoms with Gasteiger partial charge in [-0.15, -0.1) is 0 Å². The number of nitrogens with zero attached hydrogens (tertiary/aromatic N) is 6. The molecule has 18 nitrogen and oxygen atoms in total. The Kier molecular flexibility index (Phi) is 68.9. The molecule has 494 valence electrons. The third kappa shape index (κ3) is 50.3. The number of hydrogen-bond acceptors (Lipinski definition) is 18. The minimum atomic E-state index is 0. The first-order chi connectivity index (χ1) is 41.2. The van der Waals surface area contributed by atoms with E-state index in [4.69, 9.17) is 61.3 Å². The Hall–Kier alpha value is -3.32. The van der Waals surface area contributed by atoms with E-state index in [1.54, 1.807) is 0 Å². The molecule has 0 amide bonds. The first-order valence-corrected chi connectivity index (χ1v) is 29.1. The van der Waals surface area contributed by atoms with Gasteiger partial charge in [-0.2, -0.15) is 0 Å². The number of rotatable bonds is 36. The molecule has 0 aliphatic rings. The van der Waals surface area contributed by atoms with Gasteiger partial charge in [-0.1, -0.05) is 182 Å². The second kappa shape index (κ2) is 66.6. The van der Waals surface area contributed by atoms with E-state index in [1.807, 2.05) is 211 Å². The molecular formula is C66H102Fe4N6O12+6. The second-order valence-corrected chi connectivity index (χ2v) is 19.3. The van der Waals surface area contributed by atoms with Crippen LogP contribution in [0.1, 0.15) is 33.4 Å². The molecule has 12 N–H and O–H groups in total. The fourth-order valence-electron chi connectivity index (χ4n) is 8.37. The van der Waals surface area contributed by atoms with E-state index in [0.29, 0.717) is 78.5 Å². The molecule has 0 fully saturated rings. The summed E-state index contributed by atoms with van der Waals surface area (Å²) in [6.07, 6.45) is 0. The molecule has 0 aliphatic carbocycles. The normalized spacial score (nSPS) is 10.3. The molecule has 0 bridgehead atoms. The second-order valence-electron chi connectivity index (χ2n) is 19.3. The summed E-state index contributed by atoms with van der Waals surface area (Å²) in [6, 6.07) is 60.3. The van der Waals surface area contributed by atoms with E-state index in [-0.39, 0.29) is 148 Å². The van der Waals surface area contributed by atoms with E-state index >= 15 is 0 Å². The topological polar surface area (TPSA) is 262 Å². The van der Waals surface area contributed by atoms with Gasteiger partial charge < -0.3 is 61.3 Å². The first kappa shape index (κ1) is 91.1. The molecule has 0 saturated carbocycles. The molecule has 0 atom stereocenters. The zero-order valence-corrected chi connectivity index (χ0v) is 55.4. The third-order valence-electron chi connectivity index (χ3n) is 12.5. The largest absolute Gasteiger partial charge is 2.00 e. The summed E-state index contributed by atoms with van der Waals surface area (Å²) in [5.41, 5.74) is 7.22. The van der Waals surface area contributed by atoms with Crippen molar-refractivity contribution in [1.29, 1.82) is 0 Å². The zero-order chi connectivity index (χ0) is 61.4. The molecule has 0 unspecified atom stereocenters. The van der Waals surface area contributed by atoms with E-state index < -0.39 is 0 Å². The number of aliphatic hydroxyl groups excluding tert-OH is 12. The van der Waals surface area contributed by atoms with Crippen LogP contribution in [-0.2, 0) is 108 Å². The molecule has 22 heteroatoms. The maximum Gasteiger partial charge on any atom is 2.00 e. The summed E-state index contributed by atoms with van der Waals surface area (Å²) in [6.45, 7) is 13.5. The average Bonchev–Trinajstić information content (AvgIpc) is 3.55. The Labute approximate surface area is 567 Å². The van der Waals surface area contributed by atoms with Crippen molar-refractivity contribution in [3.63, 3.8) is 0 Å². The Morgan fingerprint density at radius 2 is 0.261 bits per heavy atom. The van der Waals surface area contributed by atoms with Crippen LogP contribution in [0.2, 0.25) is 0 Å². The van der Waals surface area contributed by atoms with E-state index in [1.165, 1.54) is 33.4 Å². The summed E-state index contributed by atoms with van der Waals surface area (Å²) in [4.78, 5) is 12.1. The predicted octanol–water partition coefficient (Wildman–Crippen LogP) is 2.83. The number of hydrogen-bond donors (Lipinski definition) is 12. The summed E-state index contributed by atoms with van der Waals surface area (Å²) in [5, 5.41) is 106. The quantitative estimate of drug-likeness (QED) is 0.0253. The van der Waals surface area contributed by atoms with Gasteiger partial charge in [0.25, 0.3) is 0 Å². The first-order valence-electron chi connectivity index (χ1n) is 29.1. The van der Waals surface area contributed by atoms with Crippen LogP contribution in [-0.4, -0.2) is 248 Å². The fourth-order valence-corrected chi connectivity index (χ4v) is 8.37. The van der Waals surface area contributed by atoms with Gasteiger partial charge in [-0.05, 0) is 33.4 Å². The van der Waals surface area contributed by atoms with Crippen LogP contribution in [0.5, 0.6) is 0 Å². The number of aliphatic hydroxyl groups is 12. The fraction of sp³-hybridized carbons (Fsp3) is 0.455. The molecule has 6 aromatic rings. The van der Waals surface area contributed by atoms with Crippen LogP contribution < -0.4 is 0 Å². The molecule has 88 heavy (non-hydrogen) atoms. The summed E-state index contributed by atoms with van der Waals surface area (Å²) in [7, 11) is 0. The SMILES string of the molecule is OCCN(CCO)Cc1ccccc1.OCCN(CCO)Cc1ccccc1.OCCN(CCO)Cc1ccccc1.OCCN(CCO)Cc1ccccc1.OCCN(CCO)Cc1ccccc1.OCCN(CCO)Cc1ccccc1.[Fe+2].[Fe+2].[Fe+2].[Fe]. The van der Waals surface area contributed by atoms with Crippen LogP contribution in [0.15, 0.2) is 182 Å². The Morgan fingerprint density at radius 3 is 0.341 bits per heavy atom. The van der Waals surface area contributed by atoms with Crippen molar-refractivity contribution in [3.05, 3.63) is 215 Å². The van der Waals surface area contributed by atoms with Crippen molar-refractivity contribution in [2.75, 3.05) is 158 Å². The van der Waals surface area contributed by atoms with Crippen molar-refractivity contribution in [2.45, 2.75) is 39.3 Å². The van der Waals surface area contributed by atoms with Gasteiger partial charge >= 0.3 is 51.2 Å². The van der Waals surface area contributed by atoms with E-state index in [2.05, 4.69) is 0 Å². The van der Waals surface area contributed by atoms with Crippen LogP contribution in [0, 0.1) is 0 Å². The van der Waals surface area contributed by atoms with Crippen LogP contribution in [0.3, 0.4) is 0 Å². The zero-order valence-electron chi connectivity index (χ0n) is 51.0. The van der Waals surface area contributed by atoms with Crippen molar-refractivity contribution >= 4 is 0 Å². The summed E-state index contributed by atoms with van der Waals surface area (Å²) < 4.78 is 0. The molecule has 0 aliphatic heterocycles. The Bertz CT molecular complexity index is 1830. The van der Waals surface area contributed by atoms with Gasteiger partial charge in [-0.3, -0.25) is 29.4 Å². The van der Waals surface area contributed by atoms with Gasteiger partial charge in [-0.25, -0.2) is 0 Å². The van der Waals surface area contributed by atoms with Gasteiger partial charge in [0.1, 0.15) is 0 Å². The van der Waals surface area contributed by atoms with Crippen LogP contribution in [0.25, 0.3) is 0 Å². The minimum Gasteiger partial charge on any atom is -0.395 e. The maximum atomic E-state index is 8.82. The molecule has 0 spiro atoms. The molecule has 0 radical (unpaired) electrons. The van der Waals surface area contributed by atoms with Crippen molar-refractivity contribution < 1.29 is 130 Å². The van der Waals surface area contributed by atoms with Crippen LogP contribution >= 0.6 is 0 Å². The van der Waals surface area contributed by atoms with Gasteiger partial charge in [0.15, 0.2) is 0 Å². The monoisotopic (exact) mass is 1390 g/mol. The Morgan fingerprint density at radius 1 is 0.170 bits per heavy atom. The van der Waals surface area contributed by atoms with Crippen molar-refractivity contribution in [3.8, 4) is 0 Å². The molecule has 0 aromatic heterocycles. The van der Waals surface area contributed by atoms with E-state index in [0.717, 1.165) is 39.3 Å². The maximum absolute atomic E-state index is 8.82. The van der Waals surface area contributed by atoms with Crippen LogP contribution in [0.4, 0.5) is 0 Å². The van der Waals surface area contributed by atoms with Gasteiger partial charge in [0, 0.05) is 135 Å². The third-order valence-corrected chi connectivity index (χ3v) is 12.5. The molecular weight excluding hydrogens is 1290 g/mol. The average molecular weight is 1390 g/mol. The molecule has 6 rings (SSSR count). The predicted molar refractivity (Wildman–Crippen MR) is 335 cm³/mol. The molecule has 0 saturated heterocycles. The van der Waals surface area contributed by atoms with Gasteiger partial charge in [0.2, 0.25) is 0 Å². The van der Waals surface area contributed by atoms with Crippen molar-refractivity contribution in [1.82, 2.24) is 29.4 Å². The minimum absolute atomic E-state index is 0.